The first-order valence-corrected chi connectivity index (χ1v) is 10.4. The molecule has 5 N–H and O–H groups in total. The number of methoxy groups -OCH3 is 1. The highest BCUT2D eigenvalue weighted by Crippen LogP contribution is 2.41. The van der Waals surface area contributed by atoms with E-state index in [2.05, 4.69) is 15.1 Å². The molecule has 1 fully saturated rings. The van der Waals surface area contributed by atoms with E-state index in [4.69, 9.17) is 27.2 Å². The number of likely N-dealkylation sites (tertiary alicyclic amines) is 1. The van der Waals surface area contributed by atoms with Gasteiger partial charge < -0.3 is 30.7 Å². The van der Waals surface area contributed by atoms with Crippen molar-refractivity contribution in [2.45, 2.75) is 25.0 Å². The summed E-state index contributed by atoms with van der Waals surface area (Å²) in [5.41, 5.74) is 7.30. The smallest absolute Gasteiger partial charge is 0.407 e. The molecule has 176 valence electrons. The van der Waals surface area contributed by atoms with Crippen LogP contribution in [0.1, 0.15) is 28.8 Å². The monoisotopic (exact) mass is 480 g/mol. The predicted molar refractivity (Wildman–Crippen MR) is 116 cm³/mol. The zero-order valence-electron chi connectivity index (χ0n) is 17.6. The molecule has 2 aromatic heterocycles. The fraction of sp³-hybridized carbons (Fsp3) is 0.400. The molecule has 3 heterocycles. The molecule has 0 radical (unpaired) electrons. The third-order valence-corrected chi connectivity index (χ3v) is 5.99. The van der Waals surface area contributed by atoms with Gasteiger partial charge in [0.05, 0.1) is 24.1 Å². The van der Waals surface area contributed by atoms with Gasteiger partial charge in [-0.25, -0.2) is 23.8 Å². The summed E-state index contributed by atoms with van der Waals surface area (Å²) < 4.78 is 21.9. The Bertz CT molecular complexity index is 1220. The van der Waals surface area contributed by atoms with E-state index in [0.29, 0.717) is 28.8 Å². The van der Waals surface area contributed by atoms with Crippen LogP contribution in [-0.4, -0.2) is 72.9 Å². The van der Waals surface area contributed by atoms with Crippen LogP contribution in [0.2, 0.25) is 5.02 Å². The zero-order valence-corrected chi connectivity index (χ0v) is 18.3. The van der Waals surface area contributed by atoms with Crippen LogP contribution in [0.5, 0.6) is 5.75 Å². The second kappa shape index (κ2) is 8.96. The number of benzene rings is 1. The standard InChI is InChI=1S/C20H22ClFN6O5/c1-33-17-9(4-11(21)15(22)13(17)10-5-27(6-10)20(31)32)2-3-28-19-14(18(23)24-8-25-19)16(26-28)12(30)7-29/h4,8,10,12,29-30H,2-3,5-7H2,1H3,(H,31,32)(H2,23,24,25). The fourth-order valence-electron chi connectivity index (χ4n) is 4.05. The number of nitrogens with zero attached hydrogens (tertiary/aromatic N) is 5. The van der Waals surface area contributed by atoms with Crippen molar-refractivity contribution in [3.05, 3.63) is 40.1 Å². The van der Waals surface area contributed by atoms with Crippen molar-refractivity contribution in [3.63, 3.8) is 0 Å². The number of fused-ring (bicyclic) bond motifs is 1. The minimum atomic E-state index is -1.26. The number of aryl methyl sites for hydroxylation is 2. The fourth-order valence-corrected chi connectivity index (χ4v) is 4.29. The highest BCUT2D eigenvalue weighted by molar-refractivity contribution is 6.31. The molecular weight excluding hydrogens is 459 g/mol. The maximum atomic E-state index is 14.9. The molecule has 1 atom stereocenters. The number of hydrogen-bond donors (Lipinski definition) is 4. The third-order valence-electron chi connectivity index (χ3n) is 5.72. The maximum absolute atomic E-state index is 14.9. The molecule has 4 rings (SSSR count). The van der Waals surface area contributed by atoms with Gasteiger partial charge in [-0.3, -0.25) is 0 Å². The zero-order chi connectivity index (χ0) is 23.9. The summed E-state index contributed by atoms with van der Waals surface area (Å²) in [6.07, 6.45) is -0.760. The molecule has 1 aliphatic heterocycles. The number of aromatic nitrogens is 4. The number of rotatable bonds is 7. The van der Waals surface area contributed by atoms with Gasteiger partial charge in [0.1, 0.15) is 35.5 Å². The average molecular weight is 481 g/mol. The van der Waals surface area contributed by atoms with Crippen LogP contribution >= 0.6 is 11.6 Å². The number of amides is 1. The Morgan fingerprint density at radius 3 is 2.79 bits per heavy atom. The van der Waals surface area contributed by atoms with Crippen LogP contribution in [0, 0.1) is 5.82 Å². The normalized spacial score (nSPS) is 15.0. The summed E-state index contributed by atoms with van der Waals surface area (Å²) in [5, 5.41) is 33.2. The van der Waals surface area contributed by atoms with Crippen LogP contribution in [0.4, 0.5) is 15.0 Å². The Kier molecular flexibility index (Phi) is 6.23. The minimum Gasteiger partial charge on any atom is -0.496 e. The number of carboxylic acid groups (broad SMARTS) is 1. The first-order valence-electron chi connectivity index (χ1n) is 10.0. The summed E-state index contributed by atoms with van der Waals surface area (Å²) in [4.78, 5) is 20.4. The van der Waals surface area contributed by atoms with Crippen LogP contribution in [0.15, 0.2) is 12.4 Å². The van der Waals surface area contributed by atoms with E-state index in [1.165, 1.54) is 29.1 Å². The van der Waals surface area contributed by atoms with Crippen LogP contribution in [-0.2, 0) is 13.0 Å². The molecule has 0 bridgehead atoms. The Labute approximate surface area is 192 Å². The molecule has 1 unspecified atom stereocenters. The Morgan fingerprint density at radius 2 is 2.15 bits per heavy atom. The summed E-state index contributed by atoms with van der Waals surface area (Å²) >= 11 is 6.15. The van der Waals surface area contributed by atoms with Gasteiger partial charge in [-0.2, -0.15) is 5.10 Å². The van der Waals surface area contributed by atoms with Crippen molar-refractivity contribution in [2.24, 2.45) is 0 Å². The topological polar surface area (TPSA) is 160 Å². The first-order chi connectivity index (χ1) is 15.8. The van der Waals surface area contributed by atoms with E-state index >= 15 is 0 Å². The number of nitrogens with two attached hydrogens (primary N) is 1. The minimum absolute atomic E-state index is 0.0946. The molecule has 1 aliphatic rings. The molecule has 1 aromatic carbocycles. The highest BCUT2D eigenvalue weighted by Gasteiger charge is 2.37. The molecule has 0 aliphatic carbocycles. The lowest BCUT2D eigenvalue weighted by atomic mass is 9.88. The average Bonchev–Trinajstić information content (AvgIpc) is 3.13. The van der Waals surface area contributed by atoms with Gasteiger partial charge in [0.15, 0.2) is 5.65 Å². The summed E-state index contributed by atoms with van der Waals surface area (Å²) in [6, 6.07) is 1.46. The van der Waals surface area contributed by atoms with E-state index in [1.807, 2.05) is 0 Å². The third kappa shape index (κ3) is 4.01. The van der Waals surface area contributed by atoms with Crippen LogP contribution in [0.3, 0.4) is 0 Å². The summed E-state index contributed by atoms with van der Waals surface area (Å²) in [5.74, 6) is -0.594. The molecule has 33 heavy (non-hydrogen) atoms. The summed E-state index contributed by atoms with van der Waals surface area (Å²) in [7, 11) is 1.41. The molecule has 11 nitrogen and oxygen atoms in total. The second-order valence-corrected chi connectivity index (χ2v) is 8.08. The summed E-state index contributed by atoms with van der Waals surface area (Å²) in [6.45, 7) is -0.0235. The van der Waals surface area contributed by atoms with Gasteiger partial charge in [-0.1, -0.05) is 11.6 Å². The highest BCUT2D eigenvalue weighted by atomic mass is 35.5. The Morgan fingerprint density at radius 1 is 1.42 bits per heavy atom. The largest absolute Gasteiger partial charge is 0.496 e. The first kappa shape index (κ1) is 23.0. The van der Waals surface area contributed by atoms with E-state index in [1.54, 1.807) is 0 Å². The quantitative estimate of drug-likeness (QED) is 0.393. The van der Waals surface area contributed by atoms with Crippen molar-refractivity contribution >= 4 is 34.5 Å². The Balaban J connectivity index is 1.68. The number of carbonyl (C=O) groups is 1. The predicted octanol–water partition coefficient (Wildman–Crippen LogP) is 1.56. The number of hydrogen-bond acceptors (Lipinski definition) is 8. The van der Waals surface area contributed by atoms with Gasteiger partial charge >= 0.3 is 6.09 Å². The van der Waals surface area contributed by atoms with Crippen LogP contribution < -0.4 is 10.5 Å². The van der Waals surface area contributed by atoms with Crippen molar-refractivity contribution in [2.75, 3.05) is 32.5 Å². The molecule has 1 saturated heterocycles. The lowest BCUT2D eigenvalue weighted by Crippen LogP contribution is -2.48. The SMILES string of the molecule is COc1c(CCn2nc(C(O)CO)c3c(N)ncnc32)cc(Cl)c(F)c1C1CN(C(=O)O)C1. The number of nitrogen functional groups attached to an aromatic ring is 1. The number of anilines is 1. The lowest BCUT2D eigenvalue weighted by Gasteiger charge is -2.38. The second-order valence-electron chi connectivity index (χ2n) is 7.68. The van der Waals surface area contributed by atoms with Gasteiger partial charge in [0, 0.05) is 31.1 Å². The van der Waals surface area contributed by atoms with Crippen molar-refractivity contribution < 1.29 is 29.2 Å². The van der Waals surface area contributed by atoms with Crippen molar-refractivity contribution in [3.8, 4) is 5.75 Å². The number of ether oxygens (including phenoxy) is 1. The van der Waals surface area contributed by atoms with E-state index in [0.717, 1.165) is 0 Å². The number of halogens is 2. The van der Waals surface area contributed by atoms with Gasteiger partial charge in [-0.15, -0.1) is 0 Å². The maximum Gasteiger partial charge on any atom is 0.407 e. The molecule has 3 aromatic rings. The van der Waals surface area contributed by atoms with E-state index in [-0.39, 0.29) is 47.7 Å². The lowest BCUT2D eigenvalue weighted by molar-refractivity contribution is 0.0927. The number of aliphatic hydroxyl groups excluding tert-OH is 2. The van der Waals surface area contributed by atoms with Crippen molar-refractivity contribution in [1.82, 2.24) is 24.6 Å². The molecule has 13 heteroatoms. The van der Waals surface area contributed by atoms with E-state index < -0.39 is 24.6 Å². The van der Waals surface area contributed by atoms with Crippen molar-refractivity contribution in [1.29, 1.82) is 0 Å². The Hall–Kier alpha value is -3.22. The molecule has 1 amide bonds. The molecule has 0 spiro atoms. The van der Waals surface area contributed by atoms with Gasteiger partial charge in [-0.05, 0) is 18.1 Å². The molecule has 0 saturated carbocycles. The number of aliphatic hydroxyl groups is 2. The van der Waals surface area contributed by atoms with Gasteiger partial charge in [0.2, 0.25) is 0 Å². The van der Waals surface area contributed by atoms with Gasteiger partial charge in [0.25, 0.3) is 0 Å². The molecular formula is C20H22ClFN6O5. The van der Waals surface area contributed by atoms with Crippen LogP contribution in [0.25, 0.3) is 11.0 Å². The van der Waals surface area contributed by atoms with E-state index in [9.17, 15) is 19.4 Å².